The number of nitrogens with zero attached hydrogens (tertiary/aromatic N) is 7. The normalized spacial score (nSPS) is 15.1. The van der Waals surface area contributed by atoms with Gasteiger partial charge in [0.25, 0.3) is 12.4 Å². The first-order chi connectivity index (χ1) is 21.9. The molecule has 0 radical (unpaired) electrons. The predicted octanol–water partition coefficient (Wildman–Crippen LogP) is 2.82. The molecule has 0 aliphatic carbocycles. The van der Waals surface area contributed by atoms with E-state index in [9.17, 15) is 22.8 Å². The van der Waals surface area contributed by atoms with E-state index in [-0.39, 0.29) is 53.6 Å². The van der Waals surface area contributed by atoms with Crippen molar-refractivity contribution >= 4 is 35.4 Å². The van der Waals surface area contributed by atoms with E-state index in [1.54, 1.807) is 36.1 Å². The Bertz CT molecular complexity index is 1780. The van der Waals surface area contributed by atoms with Gasteiger partial charge in [-0.1, -0.05) is 6.92 Å². The molecule has 1 aliphatic heterocycles. The molecular formula is C29H31F3N10O4. The maximum atomic E-state index is 13.8. The van der Waals surface area contributed by atoms with Gasteiger partial charge in [-0.3, -0.25) is 23.5 Å². The highest BCUT2D eigenvalue weighted by Crippen LogP contribution is 2.37. The quantitative estimate of drug-likeness (QED) is 0.208. The zero-order valence-electron chi connectivity index (χ0n) is 24.8. The Hall–Kier alpha value is -5.50. The molecule has 0 saturated carbocycles. The minimum absolute atomic E-state index is 0.0571. The summed E-state index contributed by atoms with van der Waals surface area (Å²) < 4.78 is 43.6. The first-order valence-corrected chi connectivity index (χ1v) is 14.1. The number of fused-ring (bicyclic) bond motifs is 1. The van der Waals surface area contributed by atoms with E-state index in [2.05, 4.69) is 25.7 Å². The van der Waals surface area contributed by atoms with Crippen LogP contribution in [0.3, 0.4) is 0 Å². The summed E-state index contributed by atoms with van der Waals surface area (Å²) in [5.41, 5.74) is 6.63. The third kappa shape index (κ3) is 7.24. The van der Waals surface area contributed by atoms with E-state index < -0.39 is 17.9 Å². The number of hydrogen-bond acceptors (Lipinski definition) is 9. The van der Waals surface area contributed by atoms with Crippen molar-refractivity contribution in [1.82, 2.24) is 34.4 Å². The Labute approximate surface area is 260 Å². The molecule has 4 heterocycles. The standard InChI is InChI=1S/C28H29F3N10O2.CH2O2/c1-3-17-12-19(4-5-20(17)26(42)36-16(2)27(43)39-9-6-18(33)14-39)37-24-25-35-13-22(41(25)11-8-34-24)21-15-40(10-7-32)38-23(21)28(29,30)31;2-1-3/h4-5,8,11-13,15-16,18H,3,6,9-10,14,33H2,1-2H3,(H,34,37)(H,36,42);1H,(H,2,3)/t16-,18-;/m1./s1. The third-order valence-corrected chi connectivity index (χ3v) is 7.21. The van der Waals surface area contributed by atoms with Gasteiger partial charge in [-0.15, -0.1) is 0 Å². The Balaban J connectivity index is 0.00000154. The summed E-state index contributed by atoms with van der Waals surface area (Å²) >= 11 is 0. The van der Waals surface area contributed by atoms with Crippen LogP contribution >= 0.6 is 0 Å². The fraction of sp³-hybridized carbons (Fsp3) is 0.345. The number of nitriles is 1. The summed E-state index contributed by atoms with van der Waals surface area (Å²) in [4.78, 5) is 44.4. The van der Waals surface area contributed by atoms with E-state index >= 15 is 0 Å². The van der Waals surface area contributed by atoms with Crippen molar-refractivity contribution in [2.45, 2.75) is 51.5 Å². The summed E-state index contributed by atoms with van der Waals surface area (Å²) in [7, 11) is 0. The fourth-order valence-electron chi connectivity index (χ4n) is 5.10. The summed E-state index contributed by atoms with van der Waals surface area (Å²) in [5.74, 6) is -0.298. The van der Waals surface area contributed by atoms with Crippen molar-refractivity contribution in [3.05, 3.63) is 59.8 Å². The van der Waals surface area contributed by atoms with Crippen LogP contribution in [0.15, 0.2) is 43.0 Å². The molecule has 1 fully saturated rings. The molecule has 5 rings (SSSR count). The van der Waals surface area contributed by atoms with Gasteiger partial charge in [-0.25, -0.2) is 9.97 Å². The van der Waals surface area contributed by atoms with Crippen molar-refractivity contribution in [1.29, 1.82) is 5.26 Å². The molecule has 1 saturated heterocycles. The van der Waals surface area contributed by atoms with Crippen LogP contribution in [0, 0.1) is 11.3 Å². The first kappa shape index (κ1) is 33.4. The number of imidazole rings is 1. The average molecular weight is 641 g/mol. The number of carboxylic acid groups (broad SMARTS) is 1. The number of carbonyl (C=O) groups is 3. The molecule has 46 heavy (non-hydrogen) atoms. The number of carbonyl (C=O) groups excluding carboxylic acids is 2. The number of alkyl halides is 3. The summed E-state index contributed by atoms with van der Waals surface area (Å²) in [5, 5.41) is 25.3. The van der Waals surface area contributed by atoms with Crippen LogP contribution in [-0.2, 0) is 28.7 Å². The highest BCUT2D eigenvalue weighted by molar-refractivity contribution is 5.99. The number of aromatic nitrogens is 5. The maximum Gasteiger partial charge on any atom is 0.435 e. The van der Waals surface area contributed by atoms with Crippen molar-refractivity contribution in [2.75, 3.05) is 18.4 Å². The van der Waals surface area contributed by atoms with Gasteiger partial charge in [0, 0.05) is 49.0 Å². The molecule has 14 nitrogen and oxygen atoms in total. The lowest BCUT2D eigenvalue weighted by Gasteiger charge is -2.22. The number of nitrogens with two attached hydrogens (primary N) is 1. The summed E-state index contributed by atoms with van der Waals surface area (Å²) in [6.07, 6.45) is 1.84. The van der Waals surface area contributed by atoms with Gasteiger partial charge in [-0.2, -0.15) is 23.5 Å². The van der Waals surface area contributed by atoms with Gasteiger partial charge in [0.2, 0.25) is 5.91 Å². The van der Waals surface area contributed by atoms with E-state index in [0.717, 1.165) is 17.3 Å². The minimum atomic E-state index is -4.74. The largest absolute Gasteiger partial charge is 0.483 e. The van der Waals surface area contributed by atoms with Crippen LogP contribution < -0.4 is 16.4 Å². The van der Waals surface area contributed by atoms with E-state index in [1.807, 2.05) is 6.92 Å². The predicted molar refractivity (Wildman–Crippen MR) is 159 cm³/mol. The molecule has 2 atom stereocenters. The van der Waals surface area contributed by atoms with Gasteiger partial charge in [0.05, 0.1) is 23.5 Å². The number of aryl methyl sites for hydroxylation is 1. The number of benzene rings is 1. The van der Waals surface area contributed by atoms with Crippen LogP contribution in [0.5, 0.6) is 0 Å². The van der Waals surface area contributed by atoms with E-state index in [1.165, 1.54) is 23.0 Å². The number of amides is 2. The molecule has 0 bridgehead atoms. The molecule has 1 aromatic carbocycles. The topological polar surface area (TPSA) is 197 Å². The average Bonchev–Trinajstić information content (AvgIpc) is 3.75. The second-order valence-electron chi connectivity index (χ2n) is 10.3. The second kappa shape index (κ2) is 14.1. The van der Waals surface area contributed by atoms with E-state index in [4.69, 9.17) is 20.9 Å². The van der Waals surface area contributed by atoms with Crippen molar-refractivity contribution < 1.29 is 32.7 Å². The lowest BCUT2D eigenvalue weighted by Crippen LogP contribution is -2.46. The lowest BCUT2D eigenvalue weighted by molar-refractivity contribution is -0.141. The number of halogens is 3. The van der Waals surface area contributed by atoms with Crippen LogP contribution in [-0.4, -0.2) is 77.6 Å². The maximum absolute atomic E-state index is 13.8. The van der Waals surface area contributed by atoms with Gasteiger partial charge < -0.3 is 26.4 Å². The van der Waals surface area contributed by atoms with Gasteiger partial charge >= 0.3 is 6.18 Å². The van der Waals surface area contributed by atoms with Gasteiger partial charge in [-0.05, 0) is 43.5 Å². The SMILES string of the molecule is CCc1cc(Nc2nccn3c(-c4cn(CC#N)nc4C(F)(F)F)cnc23)ccc1C(=O)N[C@H](C)C(=O)N1CC[C@@H](N)C1.O=CO. The van der Waals surface area contributed by atoms with Crippen molar-refractivity contribution in [2.24, 2.45) is 5.73 Å². The van der Waals surface area contributed by atoms with Crippen LogP contribution in [0.25, 0.3) is 16.9 Å². The number of rotatable bonds is 8. The van der Waals surface area contributed by atoms with Gasteiger partial charge in [0.1, 0.15) is 12.6 Å². The van der Waals surface area contributed by atoms with Crippen LogP contribution in [0.1, 0.15) is 41.9 Å². The Morgan fingerprint density at radius 2 is 2.04 bits per heavy atom. The monoisotopic (exact) mass is 640 g/mol. The minimum Gasteiger partial charge on any atom is -0.483 e. The second-order valence-corrected chi connectivity index (χ2v) is 10.3. The highest BCUT2D eigenvalue weighted by Gasteiger charge is 2.38. The Morgan fingerprint density at radius 3 is 2.67 bits per heavy atom. The number of nitrogens with one attached hydrogen (secondary N) is 2. The summed E-state index contributed by atoms with van der Waals surface area (Å²) in [6, 6.07) is 6.08. The van der Waals surface area contributed by atoms with E-state index in [0.29, 0.717) is 36.3 Å². The van der Waals surface area contributed by atoms with Crippen molar-refractivity contribution in [3.63, 3.8) is 0 Å². The molecule has 3 aromatic heterocycles. The molecule has 2 amide bonds. The first-order valence-electron chi connectivity index (χ1n) is 14.1. The molecule has 5 N–H and O–H groups in total. The van der Waals surface area contributed by atoms with Gasteiger partial charge in [0.15, 0.2) is 17.2 Å². The Kier molecular flexibility index (Phi) is 10.2. The Morgan fingerprint density at radius 1 is 1.30 bits per heavy atom. The summed E-state index contributed by atoms with van der Waals surface area (Å²) in [6.45, 7) is 3.97. The molecule has 242 valence electrons. The highest BCUT2D eigenvalue weighted by atomic mass is 19.4. The third-order valence-electron chi connectivity index (χ3n) is 7.21. The molecule has 4 aromatic rings. The number of hydrogen-bond donors (Lipinski definition) is 4. The molecular weight excluding hydrogens is 609 g/mol. The lowest BCUT2D eigenvalue weighted by atomic mass is 10.0. The van der Waals surface area contributed by atoms with Crippen molar-refractivity contribution in [3.8, 4) is 17.3 Å². The van der Waals surface area contributed by atoms with Crippen LogP contribution in [0.4, 0.5) is 24.7 Å². The molecule has 0 unspecified atom stereocenters. The number of likely N-dealkylation sites (tertiary alicyclic amines) is 1. The fourth-order valence-corrected chi connectivity index (χ4v) is 5.10. The smallest absolute Gasteiger partial charge is 0.435 e. The number of anilines is 2. The van der Waals surface area contributed by atoms with Crippen LogP contribution in [0.2, 0.25) is 0 Å². The zero-order chi connectivity index (χ0) is 33.6. The molecule has 0 spiro atoms. The molecule has 17 heteroatoms. The zero-order valence-corrected chi connectivity index (χ0v) is 24.8. The molecule has 1 aliphatic rings.